The molecule has 1 aliphatic heterocycles. The monoisotopic (exact) mass is 790 g/mol. The number of amides is 1. The Balaban J connectivity index is 2.41. The van der Waals surface area contributed by atoms with E-state index in [4.69, 9.17) is 9.47 Å². The molecule has 0 aromatic rings. The fraction of sp³-hybridized carbons (Fsp3) is 0.977. The molecule has 1 rings (SSSR count). The van der Waals surface area contributed by atoms with Crippen LogP contribution in [-0.4, -0.2) is 110 Å². The average Bonchev–Trinajstić information content (AvgIpc) is 3.18. The van der Waals surface area contributed by atoms with Crippen LogP contribution < -0.4 is 5.32 Å². The molecule has 0 aromatic carbocycles. The Labute approximate surface area is 335 Å². The van der Waals surface area contributed by atoms with Gasteiger partial charge in [-0.3, -0.25) is 4.79 Å². The Bertz CT molecular complexity index is 866. The Hall–Kier alpha value is -0.890. The number of rotatable bonds is 38. The molecule has 55 heavy (non-hydrogen) atoms. The van der Waals surface area contributed by atoms with Gasteiger partial charge < -0.3 is 50.5 Å². The van der Waals surface area contributed by atoms with Crippen LogP contribution in [0.25, 0.3) is 0 Å². The Morgan fingerprint density at radius 2 is 0.945 bits per heavy atom. The number of ether oxygens (including phenoxy) is 2. The lowest BCUT2D eigenvalue weighted by Crippen LogP contribution is -2.60. The van der Waals surface area contributed by atoms with Crippen molar-refractivity contribution in [3.8, 4) is 0 Å². The van der Waals surface area contributed by atoms with Gasteiger partial charge in [0, 0.05) is 0 Å². The topological polar surface area (TPSA) is 189 Å². The molecule has 1 heterocycles. The lowest BCUT2D eigenvalue weighted by Gasteiger charge is -2.40. The molecular weight excluding hydrogens is 702 g/mol. The van der Waals surface area contributed by atoms with Crippen molar-refractivity contribution in [2.75, 3.05) is 13.2 Å². The molecular formula is C44H87NO10. The highest BCUT2D eigenvalue weighted by molar-refractivity contribution is 5.80. The fourth-order valence-electron chi connectivity index (χ4n) is 7.56. The van der Waals surface area contributed by atoms with Crippen LogP contribution in [0.5, 0.6) is 0 Å². The minimum Gasteiger partial charge on any atom is -0.394 e. The van der Waals surface area contributed by atoms with Crippen molar-refractivity contribution in [3.05, 3.63) is 0 Å². The van der Waals surface area contributed by atoms with Crippen LogP contribution in [0.4, 0.5) is 0 Å². The van der Waals surface area contributed by atoms with Crippen molar-refractivity contribution in [1.82, 2.24) is 5.32 Å². The van der Waals surface area contributed by atoms with E-state index in [1.54, 1.807) is 0 Å². The molecule has 0 radical (unpaired) electrons. The minimum atomic E-state index is -1.65. The van der Waals surface area contributed by atoms with Crippen LogP contribution in [0.15, 0.2) is 0 Å². The van der Waals surface area contributed by atoms with E-state index in [-0.39, 0.29) is 6.42 Å². The Morgan fingerprint density at radius 1 is 0.564 bits per heavy atom. The molecule has 1 amide bonds. The normalized spacial score (nSPS) is 22.4. The van der Waals surface area contributed by atoms with Crippen LogP contribution >= 0.6 is 0 Å². The van der Waals surface area contributed by atoms with Gasteiger partial charge in [-0.15, -0.1) is 0 Å². The zero-order chi connectivity index (χ0) is 40.5. The predicted molar refractivity (Wildman–Crippen MR) is 220 cm³/mol. The summed E-state index contributed by atoms with van der Waals surface area (Å²) in [6.07, 6.45) is 23.0. The molecule has 11 heteroatoms. The van der Waals surface area contributed by atoms with Crippen LogP contribution in [-0.2, 0) is 14.3 Å². The zero-order valence-corrected chi connectivity index (χ0v) is 35.2. The first-order chi connectivity index (χ1) is 26.7. The largest absolute Gasteiger partial charge is 0.394 e. The van der Waals surface area contributed by atoms with Crippen LogP contribution in [0.2, 0.25) is 0 Å². The lowest BCUT2D eigenvalue weighted by molar-refractivity contribution is -0.303. The average molecular weight is 790 g/mol. The van der Waals surface area contributed by atoms with Gasteiger partial charge in [0.1, 0.15) is 36.6 Å². The third-order valence-electron chi connectivity index (χ3n) is 11.4. The summed E-state index contributed by atoms with van der Waals surface area (Å²) in [7, 11) is 0. The Morgan fingerprint density at radius 3 is 1.35 bits per heavy atom. The Kier molecular flexibility index (Phi) is 33.3. The summed E-state index contributed by atoms with van der Waals surface area (Å²) in [6, 6.07) is -1.16. The van der Waals surface area contributed by atoms with E-state index in [1.165, 1.54) is 128 Å². The van der Waals surface area contributed by atoms with E-state index in [0.29, 0.717) is 19.3 Å². The van der Waals surface area contributed by atoms with Gasteiger partial charge in [0.25, 0.3) is 0 Å². The molecule has 1 fully saturated rings. The maximum Gasteiger partial charge on any atom is 0.249 e. The van der Waals surface area contributed by atoms with Gasteiger partial charge in [0.2, 0.25) is 5.91 Å². The quantitative estimate of drug-likeness (QED) is 0.0300. The van der Waals surface area contributed by atoms with Gasteiger partial charge in [-0.25, -0.2) is 0 Å². The number of hydrogen-bond acceptors (Lipinski definition) is 10. The third kappa shape index (κ3) is 25.3. The van der Waals surface area contributed by atoms with Gasteiger partial charge in [-0.1, -0.05) is 194 Å². The fourth-order valence-corrected chi connectivity index (χ4v) is 7.56. The summed E-state index contributed by atoms with van der Waals surface area (Å²) in [5.41, 5.74) is 0. The number of aliphatic hydroxyl groups excluding tert-OH is 7. The molecule has 1 saturated heterocycles. The van der Waals surface area contributed by atoms with Crippen LogP contribution in [0.1, 0.15) is 206 Å². The predicted octanol–water partition coefficient (Wildman–Crippen LogP) is 7.11. The molecule has 328 valence electrons. The second-order valence-corrected chi connectivity index (χ2v) is 16.5. The second-order valence-electron chi connectivity index (χ2n) is 16.5. The van der Waals surface area contributed by atoms with Crippen molar-refractivity contribution >= 4 is 5.91 Å². The first-order valence-electron chi connectivity index (χ1n) is 22.9. The summed E-state index contributed by atoms with van der Waals surface area (Å²) < 4.78 is 11.1. The van der Waals surface area contributed by atoms with Gasteiger partial charge in [-0.2, -0.15) is 0 Å². The molecule has 8 N–H and O–H groups in total. The van der Waals surface area contributed by atoms with E-state index in [9.17, 15) is 40.5 Å². The third-order valence-corrected chi connectivity index (χ3v) is 11.4. The number of aliphatic hydroxyl groups is 7. The summed E-state index contributed by atoms with van der Waals surface area (Å²) in [4.78, 5) is 13.1. The standard InChI is InChI=1S/C44H87NO10/c1-3-5-7-9-11-13-15-16-17-18-19-20-21-22-24-26-28-30-32-37(48)43(53)45-35(34-54-44-42(52)41(51)40(50)38(33-46)55-44)39(49)36(47)31-29-27-25-23-14-12-10-8-6-4-2/h35-42,44,46-52H,3-34H2,1-2H3,(H,45,53)/t35-,36+,37+,38+,39-,40-,41-,42-,44+/m0/s1. The van der Waals surface area contributed by atoms with Gasteiger partial charge in [0.15, 0.2) is 6.29 Å². The smallest absolute Gasteiger partial charge is 0.249 e. The molecule has 1 aliphatic rings. The molecule has 0 aromatic heterocycles. The van der Waals surface area contributed by atoms with E-state index >= 15 is 0 Å². The first-order valence-corrected chi connectivity index (χ1v) is 22.9. The second kappa shape index (κ2) is 35.1. The zero-order valence-electron chi connectivity index (χ0n) is 35.2. The molecule has 0 spiro atoms. The molecule has 0 aliphatic carbocycles. The molecule has 9 atom stereocenters. The van der Waals surface area contributed by atoms with Crippen LogP contribution in [0, 0.1) is 0 Å². The van der Waals surface area contributed by atoms with Gasteiger partial charge >= 0.3 is 0 Å². The molecule has 0 saturated carbocycles. The number of unbranched alkanes of at least 4 members (excludes halogenated alkanes) is 26. The SMILES string of the molecule is CCCCCCCCCCCCCCCCCCCC[C@@H](O)C(=O)N[C@@H](CO[C@@H]1O[C@H](CO)[C@H](O)[C@H](O)[C@@H]1O)[C@H](O)[C@H](O)CCCCCCCCCCCC. The number of carbonyl (C=O) groups is 1. The highest BCUT2D eigenvalue weighted by Gasteiger charge is 2.44. The number of hydrogen-bond donors (Lipinski definition) is 8. The molecule has 11 nitrogen and oxygen atoms in total. The van der Waals surface area contributed by atoms with Crippen molar-refractivity contribution in [3.63, 3.8) is 0 Å². The van der Waals surface area contributed by atoms with Crippen molar-refractivity contribution in [2.45, 2.75) is 262 Å². The highest BCUT2D eigenvalue weighted by Crippen LogP contribution is 2.23. The summed E-state index contributed by atoms with van der Waals surface area (Å²) >= 11 is 0. The van der Waals surface area contributed by atoms with Crippen molar-refractivity contribution in [2.24, 2.45) is 0 Å². The molecule has 0 unspecified atom stereocenters. The highest BCUT2D eigenvalue weighted by atomic mass is 16.7. The number of nitrogens with one attached hydrogen (secondary N) is 1. The first kappa shape index (κ1) is 52.1. The van der Waals surface area contributed by atoms with Crippen LogP contribution in [0.3, 0.4) is 0 Å². The maximum atomic E-state index is 13.1. The summed E-state index contributed by atoms with van der Waals surface area (Å²) in [6.45, 7) is 3.42. The van der Waals surface area contributed by atoms with Gasteiger partial charge in [-0.05, 0) is 12.8 Å². The van der Waals surface area contributed by atoms with E-state index in [1.807, 2.05) is 0 Å². The molecule has 0 bridgehead atoms. The minimum absolute atomic E-state index is 0.266. The van der Waals surface area contributed by atoms with E-state index in [0.717, 1.165) is 38.5 Å². The maximum absolute atomic E-state index is 13.1. The van der Waals surface area contributed by atoms with Crippen molar-refractivity contribution in [1.29, 1.82) is 0 Å². The number of carbonyl (C=O) groups excluding carboxylic acids is 1. The van der Waals surface area contributed by atoms with E-state index < -0.39 is 74.2 Å². The summed E-state index contributed by atoms with van der Waals surface area (Å²) in [5.74, 6) is -0.695. The lowest BCUT2D eigenvalue weighted by atomic mass is 9.98. The van der Waals surface area contributed by atoms with E-state index in [2.05, 4.69) is 19.2 Å². The van der Waals surface area contributed by atoms with Gasteiger partial charge in [0.05, 0.1) is 25.4 Å². The summed E-state index contributed by atoms with van der Waals surface area (Å²) in [5, 5.41) is 75.5. The van der Waals surface area contributed by atoms with Crippen molar-refractivity contribution < 1.29 is 50.0 Å².